The van der Waals surface area contributed by atoms with Crippen molar-refractivity contribution < 1.29 is 4.74 Å². The Morgan fingerprint density at radius 1 is 1.38 bits per heavy atom. The number of hydrogen-bond donors (Lipinski definition) is 1. The smallest absolute Gasteiger partial charge is 0.0857 e. The van der Waals surface area contributed by atoms with E-state index in [4.69, 9.17) is 4.74 Å². The average Bonchev–Trinajstić information content (AvgIpc) is 2.25. The van der Waals surface area contributed by atoms with E-state index >= 15 is 0 Å². The third-order valence-electron chi connectivity index (χ3n) is 4.06. The van der Waals surface area contributed by atoms with Gasteiger partial charge in [-0.2, -0.15) is 0 Å². The molecule has 1 N–H and O–H groups in total. The van der Waals surface area contributed by atoms with E-state index in [1.807, 2.05) is 0 Å². The fourth-order valence-electron chi connectivity index (χ4n) is 3.05. The molecule has 0 amide bonds. The van der Waals surface area contributed by atoms with Gasteiger partial charge >= 0.3 is 0 Å². The normalized spacial score (nSPS) is 31.1. The molecule has 2 heterocycles. The zero-order valence-electron chi connectivity index (χ0n) is 11.0. The summed E-state index contributed by atoms with van der Waals surface area (Å²) in [5.41, 5.74) is 0.131. The molecule has 16 heavy (non-hydrogen) atoms. The molecule has 94 valence electrons. The van der Waals surface area contributed by atoms with Crippen molar-refractivity contribution in [2.24, 2.45) is 5.92 Å². The van der Waals surface area contributed by atoms with Crippen LogP contribution in [0.25, 0.3) is 0 Å². The summed E-state index contributed by atoms with van der Waals surface area (Å²) < 4.78 is 6.08. The van der Waals surface area contributed by atoms with E-state index in [-0.39, 0.29) is 5.60 Å². The van der Waals surface area contributed by atoms with Crippen LogP contribution in [0.2, 0.25) is 0 Å². The van der Waals surface area contributed by atoms with Crippen LogP contribution in [-0.4, -0.2) is 49.3 Å². The van der Waals surface area contributed by atoms with Crippen LogP contribution in [0.5, 0.6) is 0 Å². The zero-order valence-corrected chi connectivity index (χ0v) is 11.0. The predicted octanol–water partition coefficient (Wildman–Crippen LogP) is 1.49. The maximum absolute atomic E-state index is 6.08. The van der Waals surface area contributed by atoms with Crippen LogP contribution in [0, 0.1) is 5.92 Å². The van der Waals surface area contributed by atoms with Crippen molar-refractivity contribution in [3.63, 3.8) is 0 Å². The van der Waals surface area contributed by atoms with Gasteiger partial charge in [-0.05, 0) is 25.7 Å². The van der Waals surface area contributed by atoms with Crippen molar-refractivity contribution in [1.29, 1.82) is 0 Å². The molecule has 0 aliphatic carbocycles. The maximum atomic E-state index is 6.08. The molecule has 0 saturated carbocycles. The van der Waals surface area contributed by atoms with Gasteiger partial charge in [-0.25, -0.2) is 0 Å². The second-order valence-corrected chi connectivity index (χ2v) is 5.78. The standard InChI is InChI=1S/C13H26N2O/c1-11(2)10-15-7-4-13(5-8-15)12(3)14-6-9-16-13/h11-12,14H,4-10H2,1-3H3. The lowest BCUT2D eigenvalue weighted by Gasteiger charge is -2.48. The molecule has 0 aromatic carbocycles. The van der Waals surface area contributed by atoms with Crippen LogP contribution in [-0.2, 0) is 4.74 Å². The fraction of sp³-hybridized carbons (Fsp3) is 1.00. The van der Waals surface area contributed by atoms with E-state index in [0.29, 0.717) is 6.04 Å². The van der Waals surface area contributed by atoms with Crippen LogP contribution in [0.15, 0.2) is 0 Å². The zero-order chi connectivity index (χ0) is 11.6. The van der Waals surface area contributed by atoms with Crippen LogP contribution in [0.3, 0.4) is 0 Å². The van der Waals surface area contributed by atoms with Gasteiger partial charge < -0.3 is 15.0 Å². The first-order chi connectivity index (χ1) is 7.62. The molecule has 2 saturated heterocycles. The molecule has 1 unspecified atom stereocenters. The van der Waals surface area contributed by atoms with E-state index in [0.717, 1.165) is 19.1 Å². The van der Waals surface area contributed by atoms with Gasteiger partial charge in [-0.1, -0.05) is 13.8 Å². The van der Waals surface area contributed by atoms with E-state index in [1.54, 1.807) is 0 Å². The van der Waals surface area contributed by atoms with E-state index in [9.17, 15) is 0 Å². The number of piperidine rings is 1. The number of hydrogen-bond acceptors (Lipinski definition) is 3. The lowest BCUT2D eigenvalue weighted by Crippen LogP contribution is -2.61. The summed E-state index contributed by atoms with van der Waals surface area (Å²) in [6.45, 7) is 12.4. The molecular formula is C13H26N2O. The van der Waals surface area contributed by atoms with Gasteiger partial charge in [0, 0.05) is 32.2 Å². The Morgan fingerprint density at radius 2 is 2.06 bits per heavy atom. The van der Waals surface area contributed by atoms with Gasteiger partial charge in [0.2, 0.25) is 0 Å². The lowest BCUT2D eigenvalue weighted by atomic mass is 9.83. The predicted molar refractivity (Wildman–Crippen MR) is 66.7 cm³/mol. The molecule has 3 heteroatoms. The summed E-state index contributed by atoms with van der Waals surface area (Å²) >= 11 is 0. The van der Waals surface area contributed by atoms with Crippen LogP contribution >= 0.6 is 0 Å². The Kier molecular flexibility index (Phi) is 3.88. The summed E-state index contributed by atoms with van der Waals surface area (Å²) in [6, 6.07) is 0.516. The van der Waals surface area contributed by atoms with Gasteiger partial charge in [-0.15, -0.1) is 0 Å². The highest BCUT2D eigenvalue weighted by atomic mass is 16.5. The SMILES string of the molecule is CC(C)CN1CCC2(CC1)OCCNC2C. The Balaban J connectivity index is 1.87. The quantitative estimate of drug-likeness (QED) is 0.772. The molecule has 0 aromatic heterocycles. The molecule has 2 aliphatic heterocycles. The second kappa shape index (κ2) is 5.03. The minimum Gasteiger partial charge on any atom is -0.372 e. The monoisotopic (exact) mass is 226 g/mol. The van der Waals surface area contributed by atoms with E-state index < -0.39 is 0 Å². The van der Waals surface area contributed by atoms with Crippen LogP contribution in [0.4, 0.5) is 0 Å². The van der Waals surface area contributed by atoms with E-state index in [2.05, 4.69) is 31.0 Å². The fourth-order valence-corrected chi connectivity index (χ4v) is 3.05. The number of nitrogens with one attached hydrogen (secondary N) is 1. The Labute approximate surface area is 99.5 Å². The van der Waals surface area contributed by atoms with Crippen molar-refractivity contribution in [2.45, 2.75) is 45.3 Å². The topological polar surface area (TPSA) is 24.5 Å². The number of ether oxygens (including phenoxy) is 1. The first kappa shape index (κ1) is 12.3. The summed E-state index contributed by atoms with van der Waals surface area (Å²) in [5, 5.41) is 3.55. The Bertz CT molecular complexity index is 222. The highest BCUT2D eigenvalue weighted by Gasteiger charge is 2.41. The van der Waals surface area contributed by atoms with Gasteiger partial charge in [0.05, 0.1) is 12.2 Å². The molecule has 2 aliphatic rings. The minimum atomic E-state index is 0.131. The minimum absolute atomic E-state index is 0.131. The van der Waals surface area contributed by atoms with Gasteiger partial charge in [0.25, 0.3) is 0 Å². The van der Waals surface area contributed by atoms with Crippen molar-refractivity contribution in [1.82, 2.24) is 10.2 Å². The summed E-state index contributed by atoms with van der Waals surface area (Å²) in [7, 11) is 0. The summed E-state index contributed by atoms with van der Waals surface area (Å²) in [5.74, 6) is 0.775. The van der Waals surface area contributed by atoms with Crippen LogP contribution in [0.1, 0.15) is 33.6 Å². The number of nitrogens with zero attached hydrogens (tertiary/aromatic N) is 1. The van der Waals surface area contributed by atoms with Crippen molar-refractivity contribution in [2.75, 3.05) is 32.8 Å². The average molecular weight is 226 g/mol. The molecular weight excluding hydrogens is 200 g/mol. The lowest BCUT2D eigenvalue weighted by molar-refractivity contribution is -0.124. The molecule has 1 atom stereocenters. The largest absolute Gasteiger partial charge is 0.372 e. The summed E-state index contributed by atoms with van der Waals surface area (Å²) in [6.07, 6.45) is 2.38. The van der Waals surface area contributed by atoms with Crippen molar-refractivity contribution >= 4 is 0 Å². The maximum Gasteiger partial charge on any atom is 0.0857 e. The number of likely N-dealkylation sites (tertiary alicyclic amines) is 1. The van der Waals surface area contributed by atoms with Gasteiger partial charge in [-0.3, -0.25) is 0 Å². The Hall–Kier alpha value is -0.120. The third kappa shape index (κ3) is 2.58. The van der Waals surface area contributed by atoms with Gasteiger partial charge in [0.15, 0.2) is 0 Å². The highest BCUT2D eigenvalue weighted by Crippen LogP contribution is 2.31. The second-order valence-electron chi connectivity index (χ2n) is 5.78. The molecule has 0 aromatic rings. The number of rotatable bonds is 2. The molecule has 1 spiro atoms. The highest BCUT2D eigenvalue weighted by molar-refractivity contribution is 4.97. The summed E-state index contributed by atoms with van der Waals surface area (Å²) in [4.78, 5) is 2.58. The molecule has 3 nitrogen and oxygen atoms in total. The van der Waals surface area contributed by atoms with Crippen LogP contribution < -0.4 is 5.32 Å². The van der Waals surface area contributed by atoms with Gasteiger partial charge in [0.1, 0.15) is 0 Å². The third-order valence-corrected chi connectivity index (χ3v) is 4.06. The molecule has 0 radical (unpaired) electrons. The van der Waals surface area contributed by atoms with E-state index in [1.165, 1.54) is 32.5 Å². The Morgan fingerprint density at radius 3 is 2.62 bits per heavy atom. The first-order valence-corrected chi connectivity index (χ1v) is 6.72. The number of morpholine rings is 1. The first-order valence-electron chi connectivity index (χ1n) is 6.72. The van der Waals surface area contributed by atoms with Crippen molar-refractivity contribution in [3.8, 4) is 0 Å². The van der Waals surface area contributed by atoms with Crippen molar-refractivity contribution in [3.05, 3.63) is 0 Å². The molecule has 2 fully saturated rings. The molecule has 2 rings (SSSR count). The molecule has 0 bridgehead atoms.